The third-order valence-electron chi connectivity index (χ3n) is 7.93. The standard InChI is InChI=1S/C38H31N3O5/c1-4-46-37(44)28-16-19-30(20-17-28)40-33(26-11-7-5-8-12-26)23-29(34(40)27-13-9-6-10-14-27)22-32-35(42)39-38(45)41(36(32)43)31-18-15-24(2)25(3)21-31/h5-23H,4H2,1-3H3,(H,39,42,45)/b32-22-. The number of urea groups is 1. The number of nitrogens with one attached hydrogen (secondary N) is 1. The molecule has 8 heteroatoms. The highest BCUT2D eigenvalue weighted by molar-refractivity contribution is 6.39. The molecule has 2 heterocycles. The molecule has 0 unspecified atom stereocenters. The van der Waals surface area contributed by atoms with Gasteiger partial charge >= 0.3 is 12.0 Å². The second-order valence-corrected chi connectivity index (χ2v) is 10.9. The van der Waals surface area contributed by atoms with Gasteiger partial charge in [-0.25, -0.2) is 14.5 Å². The van der Waals surface area contributed by atoms with E-state index in [1.54, 1.807) is 31.2 Å². The molecule has 0 bridgehead atoms. The molecule has 1 saturated heterocycles. The number of hydrogen-bond donors (Lipinski definition) is 1. The van der Waals surface area contributed by atoms with E-state index in [0.717, 1.165) is 38.5 Å². The number of carbonyl (C=O) groups is 4. The van der Waals surface area contributed by atoms with E-state index in [9.17, 15) is 19.2 Å². The molecule has 46 heavy (non-hydrogen) atoms. The molecule has 4 amide bonds. The maximum Gasteiger partial charge on any atom is 0.338 e. The van der Waals surface area contributed by atoms with Crippen molar-refractivity contribution >= 4 is 35.6 Å². The van der Waals surface area contributed by atoms with Crippen molar-refractivity contribution in [3.05, 3.63) is 137 Å². The summed E-state index contributed by atoms with van der Waals surface area (Å²) in [4.78, 5) is 53.5. The smallest absolute Gasteiger partial charge is 0.338 e. The van der Waals surface area contributed by atoms with Gasteiger partial charge < -0.3 is 9.30 Å². The molecule has 5 aromatic rings. The van der Waals surface area contributed by atoms with Crippen molar-refractivity contribution in [2.75, 3.05) is 11.5 Å². The van der Waals surface area contributed by atoms with Crippen LogP contribution in [0.4, 0.5) is 10.5 Å². The average Bonchev–Trinajstić information content (AvgIpc) is 3.45. The average molecular weight is 610 g/mol. The van der Waals surface area contributed by atoms with Crippen LogP contribution in [-0.2, 0) is 14.3 Å². The molecule has 1 fully saturated rings. The minimum absolute atomic E-state index is 0.176. The summed E-state index contributed by atoms with van der Waals surface area (Å²) in [7, 11) is 0. The van der Waals surface area contributed by atoms with Gasteiger partial charge in [0.1, 0.15) is 5.57 Å². The number of esters is 1. The van der Waals surface area contributed by atoms with Crippen molar-refractivity contribution in [3.63, 3.8) is 0 Å². The zero-order chi connectivity index (χ0) is 32.4. The predicted octanol–water partition coefficient (Wildman–Crippen LogP) is 7.27. The summed E-state index contributed by atoms with van der Waals surface area (Å²) in [6.45, 7) is 5.86. The van der Waals surface area contributed by atoms with Crippen molar-refractivity contribution in [1.82, 2.24) is 9.88 Å². The molecule has 6 rings (SSSR count). The SMILES string of the molecule is CCOC(=O)c1ccc(-n2c(-c3ccccc3)cc(/C=C3/C(=O)NC(=O)N(c4ccc(C)c(C)c4)C3=O)c2-c2ccccc2)cc1. The van der Waals surface area contributed by atoms with E-state index in [1.807, 2.05) is 103 Å². The van der Waals surface area contributed by atoms with Crippen LogP contribution >= 0.6 is 0 Å². The van der Waals surface area contributed by atoms with Crippen LogP contribution in [0.1, 0.15) is 34.0 Å². The Hall–Kier alpha value is -6.02. The minimum atomic E-state index is -0.803. The van der Waals surface area contributed by atoms with Gasteiger partial charge in [-0.1, -0.05) is 66.7 Å². The highest BCUT2D eigenvalue weighted by Gasteiger charge is 2.37. The van der Waals surface area contributed by atoms with Gasteiger partial charge in [0.05, 0.1) is 29.2 Å². The highest BCUT2D eigenvalue weighted by Crippen LogP contribution is 2.38. The largest absolute Gasteiger partial charge is 0.462 e. The number of amides is 4. The van der Waals surface area contributed by atoms with E-state index in [0.29, 0.717) is 22.5 Å². The lowest BCUT2D eigenvalue weighted by molar-refractivity contribution is -0.122. The fraction of sp³-hybridized carbons (Fsp3) is 0.105. The molecular formula is C38H31N3O5. The second-order valence-electron chi connectivity index (χ2n) is 10.9. The lowest BCUT2D eigenvalue weighted by Crippen LogP contribution is -2.54. The summed E-state index contributed by atoms with van der Waals surface area (Å²) in [5.74, 6) is -1.91. The van der Waals surface area contributed by atoms with E-state index in [-0.39, 0.29) is 12.2 Å². The summed E-state index contributed by atoms with van der Waals surface area (Å²) in [5, 5.41) is 2.34. The Morgan fingerprint density at radius 3 is 2.02 bits per heavy atom. The van der Waals surface area contributed by atoms with E-state index >= 15 is 0 Å². The minimum Gasteiger partial charge on any atom is -0.462 e. The quantitative estimate of drug-likeness (QED) is 0.119. The molecule has 0 spiro atoms. The van der Waals surface area contributed by atoms with Crippen molar-refractivity contribution in [2.24, 2.45) is 0 Å². The Kier molecular flexibility index (Phi) is 8.18. The van der Waals surface area contributed by atoms with Gasteiger partial charge in [-0.05, 0) is 91.6 Å². The van der Waals surface area contributed by atoms with Gasteiger partial charge in [0.15, 0.2) is 0 Å². The lowest BCUT2D eigenvalue weighted by atomic mass is 10.0. The molecular weight excluding hydrogens is 578 g/mol. The fourth-order valence-corrected chi connectivity index (χ4v) is 5.49. The van der Waals surface area contributed by atoms with Crippen LogP contribution in [0.15, 0.2) is 115 Å². The topological polar surface area (TPSA) is 97.7 Å². The molecule has 8 nitrogen and oxygen atoms in total. The van der Waals surface area contributed by atoms with Gasteiger partial charge in [0.2, 0.25) is 0 Å². The number of rotatable bonds is 7. The molecule has 1 aliphatic heterocycles. The monoisotopic (exact) mass is 609 g/mol. The first kappa shape index (κ1) is 30.0. The number of nitrogens with zero attached hydrogens (tertiary/aromatic N) is 2. The van der Waals surface area contributed by atoms with Gasteiger partial charge in [-0.3, -0.25) is 14.9 Å². The number of imide groups is 2. The van der Waals surface area contributed by atoms with E-state index in [2.05, 4.69) is 5.32 Å². The molecule has 4 aromatic carbocycles. The normalized spacial score (nSPS) is 14.0. The molecule has 228 valence electrons. The maximum absolute atomic E-state index is 13.9. The summed E-state index contributed by atoms with van der Waals surface area (Å²) in [6.07, 6.45) is 1.54. The highest BCUT2D eigenvalue weighted by atomic mass is 16.5. The number of barbiturate groups is 1. The predicted molar refractivity (Wildman–Crippen MR) is 178 cm³/mol. The molecule has 0 saturated carbocycles. The lowest BCUT2D eigenvalue weighted by Gasteiger charge is -2.27. The molecule has 1 aromatic heterocycles. The number of anilines is 1. The van der Waals surface area contributed by atoms with Crippen LogP contribution in [0.5, 0.6) is 0 Å². The van der Waals surface area contributed by atoms with Crippen LogP contribution in [0, 0.1) is 13.8 Å². The third-order valence-corrected chi connectivity index (χ3v) is 7.93. The molecule has 0 radical (unpaired) electrons. The Balaban J connectivity index is 1.57. The van der Waals surface area contributed by atoms with Crippen LogP contribution in [0.2, 0.25) is 0 Å². The number of aryl methyl sites for hydroxylation is 2. The van der Waals surface area contributed by atoms with E-state index in [4.69, 9.17) is 4.74 Å². The number of carbonyl (C=O) groups excluding carboxylic acids is 4. The first-order chi connectivity index (χ1) is 22.3. The molecule has 1 aliphatic rings. The van der Waals surface area contributed by atoms with E-state index < -0.39 is 23.8 Å². The van der Waals surface area contributed by atoms with E-state index in [1.165, 1.54) is 6.08 Å². The molecule has 0 aliphatic carbocycles. The maximum atomic E-state index is 13.9. The van der Waals surface area contributed by atoms with Gasteiger partial charge in [0, 0.05) is 11.3 Å². The van der Waals surface area contributed by atoms with Gasteiger partial charge in [0.25, 0.3) is 11.8 Å². The van der Waals surface area contributed by atoms with Gasteiger partial charge in [-0.2, -0.15) is 0 Å². The summed E-state index contributed by atoms with van der Waals surface area (Å²) in [5.41, 5.74) is 7.11. The van der Waals surface area contributed by atoms with Crippen molar-refractivity contribution in [1.29, 1.82) is 0 Å². The molecule has 0 atom stereocenters. The Morgan fingerprint density at radius 2 is 1.39 bits per heavy atom. The van der Waals surface area contributed by atoms with Crippen LogP contribution in [0.25, 0.3) is 34.3 Å². The zero-order valence-electron chi connectivity index (χ0n) is 25.6. The molecule has 1 N–H and O–H groups in total. The van der Waals surface area contributed by atoms with Crippen molar-refractivity contribution in [3.8, 4) is 28.2 Å². The Morgan fingerprint density at radius 1 is 0.761 bits per heavy atom. The van der Waals surface area contributed by atoms with Crippen molar-refractivity contribution < 1.29 is 23.9 Å². The number of hydrogen-bond acceptors (Lipinski definition) is 5. The second kappa shape index (κ2) is 12.5. The van der Waals surface area contributed by atoms with Crippen LogP contribution in [-0.4, -0.2) is 35.0 Å². The Bertz CT molecular complexity index is 2010. The third kappa shape index (κ3) is 5.64. The first-order valence-corrected chi connectivity index (χ1v) is 14.9. The number of ether oxygens (including phenoxy) is 1. The number of aromatic nitrogens is 1. The number of benzene rings is 4. The summed E-state index contributed by atoms with van der Waals surface area (Å²) < 4.78 is 7.21. The Labute approximate surface area is 266 Å². The fourth-order valence-electron chi connectivity index (χ4n) is 5.49. The van der Waals surface area contributed by atoms with Crippen LogP contribution in [0.3, 0.4) is 0 Å². The van der Waals surface area contributed by atoms with Crippen LogP contribution < -0.4 is 10.2 Å². The van der Waals surface area contributed by atoms with Gasteiger partial charge in [-0.15, -0.1) is 0 Å². The first-order valence-electron chi connectivity index (χ1n) is 14.9. The summed E-state index contributed by atoms with van der Waals surface area (Å²) in [6, 6.07) is 32.8. The summed E-state index contributed by atoms with van der Waals surface area (Å²) >= 11 is 0. The zero-order valence-corrected chi connectivity index (χ0v) is 25.6. The van der Waals surface area contributed by atoms with Crippen molar-refractivity contribution in [2.45, 2.75) is 20.8 Å².